The molecule has 10 heteroatoms. The van der Waals surface area contributed by atoms with Crippen LogP contribution in [0.2, 0.25) is 0 Å². The Kier molecular flexibility index (Phi) is 38.8. The number of carbonyl (C=O) groups excluding carboxylic acids is 5. The molecule has 0 aliphatic heterocycles. The summed E-state index contributed by atoms with van der Waals surface area (Å²) in [7, 11) is 0. The third kappa shape index (κ3) is 34.0. The quantitative estimate of drug-likeness (QED) is 0.0254. The molecule has 0 aliphatic rings. The van der Waals surface area contributed by atoms with Crippen molar-refractivity contribution in [3.63, 3.8) is 0 Å². The van der Waals surface area contributed by atoms with E-state index in [1.165, 1.54) is 64.2 Å². The van der Waals surface area contributed by atoms with Crippen LogP contribution in [0.3, 0.4) is 0 Å². The summed E-state index contributed by atoms with van der Waals surface area (Å²) in [4.78, 5) is 62.7. The van der Waals surface area contributed by atoms with E-state index in [1.54, 1.807) is 0 Å². The second-order valence-electron chi connectivity index (χ2n) is 16.1. The molecule has 0 aromatic heterocycles. The van der Waals surface area contributed by atoms with Crippen LogP contribution in [-0.4, -0.2) is 62.4 Å². The van der Waals surface area contributed by atoms with Crippen LogP contribution in [0.4, 0.5) is 0 Å². The van der Waals surface area contributed by atoms with Gasteiger partial charge in [-0.15, -0.1) is 0 Å². The molecule has 58 heavy (non-hydrogen) atoms. The number of hydrogen-bond donors (Lipinski definition) is 0. The predicted molar refractivity (Wildman–Crippen MR) is 232 cm³/mol. The van der Waals surface area contributed by atoms with Gasteiger partial charge < -0.3 is 23.7 Å². The van der Waals surface area contributed by atoms with Crippen molar-refractivity contribution in [2.45, 2.75) is 226 Å². The molecule has 2 unspecified atom stereocenters. The highest BCUT2D eigenvalue weighted by Gasteiger charge is 2.22. The Bertz CT molecular complexity index is 1040. The number of esters is 5. The van der Waals surface area contributed by atoms with Crippen LogP contribution in [0.1, 0.15) is 220 Å². The van der Waals surface area contributed by atoms with Gasteiger partial charge in [0, 0.05) is 18.9 Å². The van der Waals surface area contributed by atoms with E-state index in [4.69, 9.17) is 23.7 Å². The third-order valence-electron chi connectivity index (χ3n) is 10.6. The van der Waals surface area contributed by atoms with Gasteiger partial charge in [0.05, 0.1) is 25.0 Å². The van der Waals surface area contributed by atoms with E-state index in [0.29, 0.717) is 25.7 Å². The molecular formula is C48H86O10. The van der Waals surface area contributed by atoms with Gasteiger partial charge in [0.15, 0.2) is 6.10 Å². The fraction of sp³-hybridized carbons (Fsp3) is 0.854. The molecule has 338 valence electrons. The number of rotatable bonds is 42. The summed E-state index contributed by atoms with van der Waals surface area (Å²) in [5, 5.41) is 0. The zero-order chi connectivity index (χ0) is 42.9. The van der Waals surface area contributed by atoms with E-state index in [9.17, 15) is 24.0 Å². The van der Waals surface area contributed by atoms with E-state index >= 15 is 0 Å². The Balaban J connectivity index is 4.67. The average Bonchev–Trinajstić information content (AvgIpc) is 3.22. The van der Waals surface area contributed by atoms with E-state index < -0.39 is 24.0 Å². The monoisotopic (exact) mass is 823 g/mol. The fourth-order valence-electron chi connectivity index (χ4n) is 6.91. The summed E-state index contributed by atoms with van der Waals surface area (Å²) in [6, 6.07) is 0. The van der Waals surface area contributed by atoms with Crippen molar-refractivity contribution in [3.8, 4) is 0 Å². The van der Waals surface area contributed by atoms with Gasteiger partial charge in [0.1, 0.15) is 13.2 Å². The topological polar surface area (TPSA) is 132 Å². The molecular weight excluding hydrogens is 737 g/mol. The van der Waals surface area contributed by atoms with Crippen molar-refractivity contribution >= 4 is 29.8 Å². The summed E-state index contributed by atoms with van der Waals surface area (Å²) in [6.45, 7) is 12.1. The minimum absolute atomic E-state index is 0.0671. The van der Waals surface area contributed by atoms with Gasteiger partial charge in [-0.2, -0.15) is 0 Å². The summed E-state index contributed by atoms with van der Waals surface area (Å²) in [5.74, 6) is -2.11. The Labute approximate surface area is 354 Å². The van der Waals surface area contributed by atoms with E-state index in [-0.39, 0.29) is 63.0 Å². The summed E-state index contributed by atoms with van der Waals surface area (Å²) >= 11 is 0. The minimum Gasteiger partial charge on any atom is -0.465 e. The van der Waals surface area contributed by atoms with E-state index in [1.807, 2.05) is 0 Å². The number of carbonyl (C=O) groups is 5. The van der Waals surface area contributed by atoms with Crippen LogP contribution >= 0.6 is 0 Å². The first-order valence-electron chi connectivity index (χ1n) is 23.7. The minimum atomic E-state index is -0.976. The van der Waals surface area contributed by atoms with Gasteiger partial charge in [-0.1, -0.05) is 163 Å². The fourth-order valence-corrected chi connectivity index (χ4v) is 6.91. The smallest absolute Gasteiger partial charge is 0.330 e. The van der Waals surface area contributed by atoms with Crippen LogP contribution in [-0.2, 0) is 47.7 Å². The molecule has 0 aromatic carbocycles. The lowest BCUT2D eigenvalue weighted by atomic mass is 9.94. The first kappa shape index (κ1) is 55.1. The van der Waals surface area contributed by atoms with Crippen molar-refractivity contribution in [3.05, 3.63) is 12.7 Å². The second-order valence-corrected chi connectivity index (χ2v) is 16.1. The Morgan fingerprint density at radius 1 is 0.431 bits per heavy atom. The highest BCUT2D eigenvalue weighted by molar-refractivity contribution is 5.81. The van der Waals surface area contributed by atoms with Crippen LogP contribution < -0.4 is 0 Å². The molecule has 0 bridgehead atoms. The molecule has 0 radical (unpaired) electrons. The molecule has 0 heterocycles. The lowest BCUT2D eigenvalue weighted by molar-refractivity contribution is -0.165. The van der Waals surface area contributed by atoms with Gasteiger partial charge in [-0.3, -0.25) is 19.2 Å². The SMILES string of the molecule is C=CC(=O)OC[C@@H](COC(=O)CCCCOC(=O)C(CCCCCC)CCCCCCCC)OC(=O)CCCCOC(=O)C(CCCCCC)CCCCCCCC. The standard InChI is InChI=1S/C48H86O10/c1-6-11-15-19-21-25-33-41(31-23-17-13-8-3)47(52)54-37-29-27-35-45(50)57-40-43(39-56-44(49)10-5)58-46(51)36-28-30-38-55-48(53)42(32-24-18-14-9-4)34-26-22-20-16-12-7-2/h10,41-43H,5-9,11-40H2,1-4H3/t41?,42?,43-/m0/s1. The first-order valence-corrected chi connectivity index (χ1v) is 23.7. The largest absolute Gasteiger partial charge is 0.465 e. The van der Waals surface area contributed by atoms with Crippen LogP contribution in [0.25, 0.3) is 0 Å². The first-order chi connectivity index (χ1) is 28.2. The maximum atomic E-state index is 12.9. The van der Waals surface area contributed by atoms with E-state index in [0.717, 1.165) is 96.0 Å². The molecule has 3 atom stereocenters. The highest BCUT2D eigenvalue weighted by Crippen LogP contribution is 2.22. The Morgan fingerprint density at radius 2 is 0.793 bits per heavy atom. The van der Waals surface area contributed by atoms with E-state index in [2.05, 4.69) is 34.3 Å². The van der Waals surface area contributed by atoms with Crippen LogP contribution in [0.5, 0.6) is 0 Å². The lowest BCUT2D eigenvalue weighted by Gasteiger charge is -2.18. The summed E-state index contributed by atoms with van der Waals surface area (Å²) in [6.07, 6.45) is 28.9. The van der Waals surface area contributed by atoms with Crippen molar-refractivity contribution in [2.24, 2.45) is 11.8 Å². The number of unbranched alkanes of at least 4 members (excludes halogenated alkanes) is 18. The molecule has 0 amide bonds. The molecule has 0 saturated carbocycles. The second kappa shape index (κ2) is 40.9. The van der Waals surface area contributed by atoms with Crippen LogP contribution in [0, 0.1) is 11.8 Å². The predicted octanol–water partition coefficient (Wildman–Crippen LogP) is 12.3. The maximum absolute atomic E-state index is 12.9. The zero-order valence-electron chi connectivity index (χ0n) is 37.6. The zero-order valence-corrected chi connectivity index (χ0v) is 37.6. The van der Waals surface area contributed by atoms with Crippen molar-refractivity contribution in [2.75, 3.05) is 26.4 Å². The Hall–Kier alpha value is -2.91. The van der Waals surface area contributed by atoms with Gasteiger partial charge in [0.25, 0.3) is 0 Å². The normalized spacial score (nSPS) is 12.6. The molecule has 10 nitrogen and oxygen atoms in total. The maximum Gasteiger partial charge on any atom is 0.330 e. The molecule has 0 saturated heterocycles. The highest BCUT2D eigenvalue weighted by atomic mass is 16.6. The average molecular weight is 823 g/mol. The Morgan fingerprint density at radius 3 is 1.21 bits per heavy atom. The molecule has 0 spiro atoms. The van der Waals surface area contributed by atoms with Crippen molar-refractivity contribution in [1.29, 1.82) is 0 Å². The molecule has 0 N–H and O–H groups in total. The third-order valence-corrected chi connectivity index (χ3v) is 10.6. The number of ether oxygens (including phenoxy) is 5. The molecule has 0 aromatic rings. The molecule has 0 fully saturated rings. The van der Waals surface area contributed by atoms with Gasteiger partial charge >= 0.3 is 29.8 Å². The lowest BCUT2D eigenvalue weighted by Crippen LogP contribution is -2.30. The van der Waals surface area contributed by atoms with Gasteiger partial charge in [-0.05, 0) is 51.4 Å². The van der Waals surface area contributed by atoms with Gasteiger partial charge in [0.2, 0.25) is 0 Å². The van der Waals surface area contributed by atoms with Gasteiger partial charge in [-0.25, -0.2) is 4.79 Å². The summed E-state index contributed by atoms with van der Waals surface area (Å²) in [5.41, 5.74) is 0. The molecule has 0 aliphatic carbocycles. The number of hydrogen-bond acceptors (Lipinski definition) is 10. The molecule has 0 rings (SSSR count). The summed E-state index contributed by atoms with van der Waals surface area (Å²) < 4.78 is 27.2. The van der Waals surface area contributed by atoms with Crippen LogP contribution in [0.15, 0.2) is 12.7 Å². The van der Waals surface area contributed by atoms with Crippen molar-refractivity contribution in [1.82, 2.24) is 0 Å². The van der Waals surface area contributed by atoms with Crippen molar-refractivity contribution < 1.29 is 47.7 Å².